The number of phenolic OH excluding ortho intramolecular Hbond substituents is 1. The smallest absolute Gasteiger partial charge is 0.191 e. The first-order valence-electron chi connectivity index (χ1n) is 9.06. The van der Waals surface area contributed by atoms with Crippen LogP contribution in [-0.2, 0) is 13.1 Å². The van der Waals surface area contributed by atoms with Crippen molar-refractivity contribution in [3.05, 3.63) is 59.2 Å². The Hall–Kier alpha value is -1.96. The standard InChI is InChI=1S/C21H29N3O2.HI/c1-4-5-13-22-21(23-14-17-11-9-16(2)10-12-17)24-15-18-7-6-8-19(26-3)20(18)25;/h6-12,25H,4-5,13-15H2,1-3H3,(H2,22,23,24);1H. The lowest BCUT2D eigenvalue weighted by atomic mass is 10.1. The third-order valence-corrected chi connectivity index (χ3v) is 4.11. The molecule has 0 aliphatic heterocycles. The van der Waals surface area contributed by atoms with E-state index >= 15 is 0 Å². The normalized spacial score (nSPS) is 10.9. The topological polar surface area (TPSA) is 65.9 Å². The van der Waals surface area contributed by atoms with Crippen LogP contribution in [0.15, 0.2) is 47.5 Å². The van der Waals surface area contributed by atoms with Crippen LogP contribution in [-0.4, -0.2) is 24.7 Å². The van der Waals surface area contributed by atoms with Gasteiger partial charge in [0.2, 0.25) is 0 Å². The Morgan fingerprint density at radius 1 is 1.11 bits per heavy atom. The third-order valence-electron chi connectivity index (χ3n) is 4.11. The van der Waals surface area contributed by atoms with Crippen LogP contribution in [0.3, 0.4) is 0 Å². The van der Waals surface area contributed by atoms with E-state index in [2.05, 4.69) is 53.7 Å². The molecule has 0 amide bonds. The minimum atomic E-state index is 0. The van der Waals surface area contributed by atoms with Gasteiger partial charge in [0, 0.05) is 18.7 Å². The van der Waals surface area contributed by atoms with Gasteiger partial charge in [0.1, 0.15) is 0 Å². The van der Waals surface area contributed by atoms with Gasteiger partial charge >= 0.3 is 0 Å². The quantitative estimate of drug-likeness (QED) is 0.226. The number of guanidine groups is 1. The van der Waals surface area contributed by atoms with Crippen LogP contribution in [0.5, 0.6) is 11.5 Å². The second-order valence-corrected chi connectivity index (χ2v) is 6.25. The molecule has 0 radical (unpaired) electrons. The van der Waals surface area contributed by atoms with E-state index in [1.165, 1.54) is 5.56 Å². The molecule has 6 heteroatoms. The fourth-order valence-electron chi connectivity index (χ4n) is 2.48. The van der Waals surface area contributed by atoms with E-state index in [1.807, 2.05) is 12.1 Å². The van der Waals surface area contributed by atoms with Crippen molar-refractivity contribution in [1.82, 2.24) is 10.6 Å². The molecular formula is C21H30IN3O2. The summed E-state index contributed by atoms with van der Waals surface area (Å²) >= 11 is 0. The Kier molecular flexibility index (Phi) is 10.6. The molecule has 0 atom stereocenters. The predicted octanol–water partition coefficient (Wildman–Crippen LogP) is 4.36. The highest BCUT2D eigenvalue weighted by Gasteiger charge is 2.08. The Morgan fingerprint density at radius 2 is 1.85 bits per heavy atom. The number of hydrogen-bond acceptors (Lipinski definition) is 3. The summed E-state index contributed by atoms with van der Waals surface area (Å²) in [6.45, 7) is 6.17. The first-order chi connectivity index (χ1) is 12.6. The number of phenols is 1. The summed E-state index contributed by atoms with van der Waals surface area (Å²) in [5, 5.41) is 16.9. The van der Waals surface area contributed by atoms with E-state index in [1.54, 1.807) is 13.2 Å². The van der Waals surface area contributed by atoms with Crippen molar-refractivity contribution in [3.63, 3.8) is 0 Å². The molecule has 2 rings (SSSR count). The number of nitrogens with one attached hydrogen (secondary N) is 2. The number of rotatable bonds is 8. The zero-order valence-corrected chi connectivity index (χ0v) is 18.6. The molecule has 5 nitrogen and oxygen atoms in total. The molecule has 0 aliphatic carbocycles. The molecule has 2 aromatic rings. The van der Waals surface area contributed by atoms with Crippen molar-refractivity contribution < 1.29 is 9.84 Å². The van der Waals surface area contributed by atoms with Gasteiger partial charge < -0.3 is 20.5 Å². The van der Waals surface area contributed by atoms with Gasteiger partial charge in [-0.25, -0.2) is 4.99 Å². The molecule has 0 heterocycles. The largest absolute Gasteiger partial charge is 0.504 e. The van der Waals surface area contributed by atoms with Crippen molar-refractivity contribution in [1.29, 1.82) is 0 Å². The van der Waals surface area contributed by atoms with Crippen LogP contribution >= 0.6 is 24.0 Å². The maximum atomic E-state index is 10.2. The van der Waals surface area contributed by atoms with E-state index in [9.17, 15) is 5.11 Å². The van der Waals surface area contributed by atoms with Crippen LogP contribution in [0.4, 0.5) is 0 Å². The van der Waals surface area contributed by atoms with Gasteiger partial charge in [0.15, 0.2) is 17.5 Å². The van der Waals surface area contributed by atoms with Gasteiger partial charge in [-0.3, -0.25) is 0 Å². The molecule has 2 aromatic carbocycles. The molecule has 27 heavy (non-hydrogen) atoms. The lowest BCUT2D eigenvalue weighted by Gasteiger charge is -2.14. The number of nitrogens with zero attached hydrogens (tertiary/aromatic N) is 1. The average Bonchev–Trinajstić information content (AvgIpc) is 2.66. The van der Waals surface area contributed by atoms with Crippen LogP contribution < -0.4 is 15.4 Å². The number of halogens is 1. The lowest BCUT2D eigenvalue weighted by Crippen LogP contribution is -2.37. The fourth-order valence-corrected chi connectivity index (χ4v) is 2.48. The highest BCUT2D eigenvalue weighted by atomic mass is 127. The van der Waals surface area contributed by atoms with Gasteiger partial charge in [0.05, 0.1) is 13.7 Å². The molecule has 0 spiro atoms. The Morgan fingerprint density at radius 3 is 2.52 bits per heavy atom. The molecule has 3 N–H and O–H groups in total. The number of benzene rings is 2. The van der Waals surface area contributed by atoms with Crippen molar-refractivity contribution in [2.75, 3.05) is 13.7 Å². The predicted molar refractivity (Wildman–Crippen MR) is 122 cm³/mol. The Labute approximate surface area is 179 Å². The SMILES string of the molecule is CCCCNC(=NCc1ccc(C)cc1)NCc1cccc(OC)c1O.I. The molecule has 0 aromatic heterocycles. The van der Waals surface area contributed by atoms with E-state index in [-0.39, 0.29) is 29.7 Å². The zero-order valence-electron chi connectivity index (χ0n) is 16.3. The van der Waals surface area contributed by atoms with Gasteiger partial charge in [-0.2, -0.15) is 0 Å². The van der Waals surface area contributed by atoms with Gasteiger partial charge in [-0.05, 0) is 25.0 Å². The summed E-state index contributed by atoms with van der Waals surface area (Å²) in [5.74, 6) is 1.37. The number of aromatic hydroxyl groups is 1. The molecule has 0 unspecified atom stereocenters. The number of unbranched alkanes of at least 4 members (excludes halogenated alkanes) is 1. The molecule has 148 valence electrons. The van der Waals surface area contributed by atoms with E-state index < -0.39 is 0 Å². The highest BCUT2D eigenvalue weighted by Crippen LogP contribution is 2.29. The number of hydrogen-bond donors (Lipinski definition) is 3. The molecule has 0 saturated heterocycles. The highest BCUT2D eigenvalue weighted by molar-refractivity contribution is 14.0. The van der Waals surface area contributed by atoms with Crippen LogP contribution in [0.25, 0.3) is 0 Å². The maximum Gasteiger partial charge on any atom is 0.191 e. The number of aryl methyl sites for hydroxylation is 1. The molecule has 0 bridgehead atoms. The zero-order chi connectivity index (χ0) is 18.8. The lowest BCUT2D eigenvalue weighted by molar-refractivity contribution is 0.370. The van der Waals surface area contributed by atoms with Crippen molar-refractivity contribution >= 4 is 29.9 Å². The second-order valence-electron chi connectivity index (χ2n) is 6.25. The van der Waals surface area contributed by atoms with Crippen molar-refractivity contribution in [2.24, 2.45) is 4.99 Å². The number of para-hydroxylation sites is 1. The second kappa shape index (κ2) is 12.4. The monoisotopic (exact) mass is 483 g/mol. The van der Waals surface area contributed by atoms with Gasteiger partial charge in [0.25, 0.3) is 0 Å². The average molecular weight is 483 g/mol. The summed E-state index contributed by atoms with van der Waals surface area (Å²) in [5.41, 5.74) is 3.17. The van der Waals surface area contributed by atoms with E-state index in [0.29, 0.717) is 18.8 Å². The van der Waals surface area contributed by atoms with E-state index in [0.717, 1.165) is 36.5 Å². The van der Waals surface area contributed by atoms with Crippen LogP contribution in [0.2, 0.25) is 0 Å². The minimum absolute atomic E-state index is 0. The minimum Gasteiger partial charge on any atom is -0.504 e. The summed E-state index contributed by atoms with van der Waals surface area (Å²) < 4.78 is 5.16. The van der Waals surface area contributed by atoms with Crippen molar-refractivity contribution in [3.8, 4) is 11.5 Å². The van der Waals surface area contributed by atoms with Gasteiger partial charge in [-0.1, -0.05) is 55.3 Å². The summed E-state index contributed by atoms with van der Waals surface area (Å²) in [7, 11) is 1.55. The Balaban J connectivity index is 0.00000364. The number of methoxy groups -OCH3 is 1. The van der Waals surface area contributed by atoms with Crippen LogP contribution in [0, 0.1) is 6.92 Å². The summed E-state index contributed by atoms with van der Waals surface area (Å²) in [4.78, 5) is 4.66. The first kappa shape index (κ1) is 23.1. The first-order valence-corrected chi connectivity index (χ1v) is 9.06. The van der Waals surface area contributed by atoms with Gasteiger partial charge in [-0.15, -0.1) is 24.0 Å². The third kappa shape index (κ3) is 7.66. The molecule has 0 saturated carbocycles. The van der Waals surface area contributed by atoms with Crippen molar-refractivity contribution in [2.45, 2.75) is 39.8 Å². The molecule has 0 aliphatic rings. The number of ether oxygens (including phenoxy) is 1. The summed E-state index contributed by atoms with van der Waals surface area (Å²) in [6, 6.07) is 13.8. The fraction of sp³-hybridized carbons (Fsp3) is 0.381. The Bertz CT molecular complexity index is 718. The number of aliphatic imine (C=N–C) groups is 1. The van der Waals surface area contributed by atoms with E-state index in [4.69, 9.17) is 4.74 Å². The summed E-state index contributed by atoms with van der Waals surface area (Å²) in [6.07, 6.45) is 2.20. The maximum absolute atomic E-state index is 10.2. The molecular weight excluding hydrogens is 453 g/mol. The van der Waals surface area contributed by atoms with Crippen LogP contribution in [0.1, 0.15) is 36.5 Å². The molecule has 0 fully saturated rings.